The van der Waals surface area contributed by atoms with Crippen LogP contribution < -0.4 is 0 Å². The second-order valence-electron chi connectivity index (χ2n) is 16.7. The molecule has 0 spiro atoms. The standard InChI is InChI=1S/C43H75NO9/c1-5-9-11-13-18-34(17-10-6-2)30-50-39(45)19-14-12-15-20-40(46)51-31-38(33-53-42(48)49-22-16-21-44(7-3)8-4)32-52-41(47)29-43-26-35-23-36(27-43)25-37(24-35)28-43/h34-38H,5-33H2,1-4H3. The van der Waals surface area contributed by atoms with Crippen LogP contribution in [0.4, 0.5) is 4.79 Å². The Morgan fingerprint density at radius 2 is 1.08 bits per heavy atom. The lowest BCUT2D eigenvalue weighted by Crippen LogP contribution is -2.47. The summed E-state index contributed by atoms with van der Waals surface area (Å²) >= 11 is 0. The van der Waals surface area contributed by atoms with Crippen molar-refractivity contribution in [3.63, 3.8) is 0 Å². The van der Waals surface area contributed by atoms with Crippen molar-refractivity contribution in [2.45, 2.75) is 163 Å². The van der Waals surface area contributed by atoms with Crippen molar-refractivity contribution in [2.24, 2.45) is 35.0 Å². The van der Waals surface area contributed by atoms with Crippen LogP contribution in [0.1, 0.15) is 163 Å². The molecule has 0 heterocycles. The fraction of sp³-hybridized carbons (Fsp3) is 0.907. The Hall–Kier alpha value is -2.36. The average Bonchev–Trinajstić information content (AvgIpc) is 3.12. The van der Waals surface area contributed by atoms with Gasteiger partial charge >= 0.3 is 24.1 Å². The first-order valence-electron chi connectivity index (χ1n) is 21.7. The average molecular weight is 750 g/mol. The van der Waals surface area contributed by atoms with Gasteiger partial charge in [0.2, 0.25) is 0 Å². The molecule has 2 atom stereocenters. The van der Waals surface area contributed by atoms with Crippen molar-refractivity contribution in [3.05, 3.63) is 0 Å². The highest BCUT2D eigenvalue weighted by atomic mass is 16.7. The van der Waals surface area contributed by atoms with Crippen molar-refractivity contribution in [2.75, 3.05) is 52.7 Å². The minimum atomic E-state index is -0.775. The minimum absolute atomic E-state index is 0.00781. The first-order chi connectivity index (χ1) is 25.7. The molecule has 4 aliphatic carbocycles. The molecule has 0 aromatic rings. The Kier molecular flexibility index (Phi) is 21.8. The Balaban J connectivity index is 1.36. The van der Waals surface area contributed by atoms with E-state index in [0.717, 1.165) is 88.8 Å². The Bertz CT molecular complexity index is 1030. The predicted molar refractivity (Wildman–Crippen MR) is 206 cm³/mol. The molecule has 4 bridgehead atoms. The first kappa shape index (κ1) is 45.0. The van der Waals surface area contributed by atoms with Gasteiger partial charge in [0.15, 0.2) is 0 Å². The molecule has 0 amide bonds. The van der Waals surface area contributed by atoms with Crippen molar-refractivity contribution < 1.29 is 42.9 Å². The van der Waals surface area contributed by atoms with E-state index >= 15 is 0 Å². The van der Waals surface area contributed by atoms with E-state index in [1.807, 2.05) is 0 Å². The first-order valence-corrected chi connectivity index (χ1v) is 21.7. The van der Waals surface area contributed by atoms with Gasteiger partial charge in [0.05, 0.1) is 25.6 Å². The zero-order valence-corrected chi connectivity index (χ0v) is 34.0. The summed E-state index contributed by atoms with van der Waals surface area (Å²) in [5, 5.41) is 0. The number of carbonyl (C=O) groups is 4. The maximum Gasteiger partial charge on any atom is 0.508 e. The van der Waals surface area contributed by atoms with E-state index in [2.05, 4.69) is 32.6 Å². The molecule has 0 N–H and O–H groups in total. The quantitative estimate of drug-likeness (QED) is 0.0399. The molecular formula is C43H75NO9. The van der Waals surface area contributed by atoms with Gasteiger partial charge in [-0.3, -0.25) is 14.4 Å². The monoisotopic (exact) mass is 750 g/mol. The Morgan fingerprint density at radius 3 is 1.64 bits per heavy atom. The van der Waals surface area contributed by atoms with Crippen LogP contribution in [0, 0.1) is 35.0 Å². The zero-order valence-electron chi connectivity index (χ0n) is 34.0. The molecule has 4 aliphatic rings. The molecule has 0 radical (unpaired) electrons. The van der Waals surface area contributed by atoms with Gasteiger partial charge in [0.25, 0.3) is 0 Å². The normalized spacial score (nSPS) is 22.7. The van der Waals surface area contributed by atoms with Crippen LogP contribution >= 0.6 is 0 Å². The molecule has 306 valence electrons. The van der Waals surface area contributed by atoms with Gasteiger partial charge in [-0.1, -0.05) is 72.6 Å². The third-order valence-corrected chi connectivity index (χ3v) is 12.0. The molecule has 0 saturated heterocycles. The van der Waals surface area contributed by atoms with E-state index in [4.69, 9.17) is 23.7 Å². The Morgan fingerprint density at radius 1 is 0.566 bits per heavy atom. The van der Waals surface area contributed by atoms with Crippen LogP contribution in [-0.4, -0.2) is 81.6 Å². The summed E-state index contributed by atoms with van der Waals surface area (Å²) in [6.07, 6.45) is 19.7. The lowest BCUT2D eigenvalue weighted by molar-refractivity contribution is -0.155. The lowest BCUT2D eigenvalue weighted by atomic mass is 9.49. The molecule has 10 nitrogen and oxygen atoms in total. The van der Waals surface area contributed by atoms with Crippen molar-refractivity contribution in [1.29, 1.82) is 0 Å². The SMILES string of the molecule is CCCCCCC(CCCC)COC(=O)CCCCCC(=O)OCC(COC(=O)CC12CC3CC(CC(C3)C1)C2)COC(=O)OCCCN(CC)CC. The molecule has 0 aromatic carbocycles. The van der Waals surface area contributed by atoms with E-state index < -0.39 is 12.1 Å². The second-order valence-corrected chi connectivity index (χ2v) is 16.7. The fourth-order valence-corrected chi connectivity index (χ4v) is 9.37. The number of esters is 3. The third-order valence-electron chi connectivity index (χ3n) is 12.0. The zero-order chi connectivity index (χ0) is 38.3. The largest absolute Gasteiger partial charge is 0.508 e. The summed E-state index contributed by atoms with van der Waals surface area (Å²) in [6.45, 7) is 12.0. The summed E-state index contributed by atoms with van der Waals surface area (Å²) < 4.78 is 27.6. The predicted octanol–water partition coefficient (Wildman–Crippen LogP) is 9.45. The highest BCUT2D eigenvalue weighted by molar-refractivity contribution is 5.71. The van der Waals surface area contributed by atoms with Gasteiger partial charge in [0, 0.05) is 19.4 Å². The van der Waals surface area contributed by atoms with Gasteiger partial charge in [0.1, 0.15) is 19.8 Å². The highest BCUT2D eigenvalue weighted by Gasteiger charge is 2.51. The van der Waals surface area contributed by atoms with Crippen molar-refractivity contribution in [3.8, 4) is 0 Å². The van der Waals surface area contributed by atoms with Crippen LogP contribution in [0.3, 0.4) is 0 Å². The molecule has 2 unspecified atom stereocenters. The minimum Gasteiger partial charge on any atom is -0.465 e. The molecule has 0 aliphatic heterocycles. The second kappa shape index (κ2) is 25.7. The summed E-state index contributed by atoms with van der Waals surface area (Å²) in [5.41, 5.74) is 0.0704. The molecule has 53 heavy (non-hydrogen) atoms. The smallest absolute Gasteiger partial charge is 0.465 e. The van der Waals surface area contributed by atoms with E-state index in [1.54, 1.807) is 0 Å². The van der Waals surface area contributed by atoms with Crippen LogP contribution in [0.5, 0.6) is 0 Å². The summed E-state index contributed by atoms with van der Waals surface area (Å²) in [7, 11) is 0. The van der Waals surface area contributed by atoms with E-state index in [-0.39, 0.29) is 56.2 Å². The van der Waals surface area contributed by atoms with E-state index in [0.29, 0.717) is 44.6 Å². The number of nitrogens with zero attached hydrogens (tertiary/aromatic N) is 1. The van der Waals surface area contributed by atoms with Gasteiger partial charge in [-0.15, -0.1) is 0 Å². The summed E-state index contributed by atoms with van der Waals surface area (Å²) in [6, 6.07) is 0. The highest BCUT2D eigenvalue weighted by Crippen LogP contribution is 2.61. The summed E-state index contributed by atoms with van der Waals surface area (Å²) in [5.74, 6) is 1.45. The maximum atomic E-state index is 13.1. The number of rotatable bonds is 30. The van der Waals surface area contributed by atoms with E-state index in [9.17, 15) is 19.2 Å². The Labute approximate surface area is 321 Å². The number of hydrogen-bond donors (Lipinski definition) is 0. The number of ether oxygens (including phenoxy) is 5. The fourth-order valence-electron chi connectivity index (χ4n) is 9.37. The van der Waals surface area contributed by atoms with E-state index in [1.165, 1.54) is 44.9 Å². The van der Waals surface area contributed by atoms with Crippen molar-refractivity contribution >= 4 is 24.1 Å². The van der Waals surface area contributed by atoms with Crippen LogP contribution in [0.25, 0.3) is 0 Å². The molecule has 4 rings (SSSR count). The molecule has 4 fully saturated rings. The number of unbranched alkanes of at least 4 members (excludes halogenated alkanes) is 6. The third kappa shape index (κ3) is 18.2. The topological polar surface area (TPSA) is 118 Å². The van der Waals surface area contributed by atoms with Crippen LogP contribution in [0.15, 0.2) is 0 Å². The van der Waals surface area contributed by atoms with Gasteiger partial charge < -0.3 is 28.6 Å². The molecule has 0 aromatic heterocycles. The summed E-state index contributed by atoms with van der Waals surface area (Å²) in [4.78, 5) is 52.8. The number of carbonyl (C=O) groups excluding carboxylic acids is 4. The van der Waals surface area contributed by atoms with Gasteiger partial charge in [-0.2, -0.15) is 0 Å². The van der Waals surface area contributed by atoms with Crippen LogP contribution in [-0.2, 0) is 38.1 Å². The molecule has 4 saturated carbocycles. The van der Waals surface area contributed by atoms with Crippen LogP contribution in [0.2, 0.25) is 0 Å². The van der Waals surface area contributed by atoms with Gasteiger partial charge in [-0.05, 0) is 113 Å². The molecule has 10 heteroatoms. The maximum absolute atomic E-state index is 13.1. The van der Waals surface area contributed by atoms with Crippen molar-refractivity contribution in [1.82, 2.24) is 4.90 Å². The lowest BCUT2D eigenvalue weighted by Gasteiger charge is -2.56. The van der Waals surface area contributed by atoms with Gasteiger partial charge in [-0.25, -0.2) is 4.79 Å². The number of hydrogen-bond acceptors (Lipinski definition) is 10. The molecular weight excluding hydrogens is 674 g/mol.